The van der Waals surface area contributed by atoms with Gasteiger partial charge in [0.25, 0.3) is 5.91 Å². The highest BCUT2D eigenvalue weighted by molar-refractivity contribution is 7.89. The van der Waals surface area contributed by atoms with Gasteiger partial charge in [0.1, 0.15) is 4.90 Å². The molecule has 0 aliphatic rings. The van der Waals surface area contributed by atoms with E-state index in [1.807, 2.05) is 42.5 Å². The fraction of sp³-hybridized carbons (Fsp3) is 0.0909. The molecule has 31 heavy (non-hydrogen) atoms. The van der Waals surface area contributed by atoms with Crippen LogP contribution in [0.3, 0.4) is 0 Å². The van der Waals surface area contributed by atoms with Gasteiger partial charge in [0.15, 0.2) is 6.61 Å². The normalized spacial score (nSPS) is 11.0. The van der Waals surface area contributed by atoms with Gasteiger partial charge in [-0.25, -0.2) is 17.9 Å². The van der Waals surface area contributed by atoms with Crippen LogP contribution >= 0.6 is 11.6 Å². The average Bonchev–Trinajstić information content (AvgIpc) is 2.78. The Bertz CT molecular complexity index is 1200. The summed E-state index contributed by atoms with van der Waals surface area (Å²) in [6.45, 7) is -0.532. The molecule has 1 amide bonds. The van der Waals surface area contributed by atoms with Crippen molar-refractivity contribution in [1.29, 1.82) is 0 Å². The van der Waals surface area contributed by atoms with Crippen LogP contribution in [0.1, 0.15) is 10.4 Å². The summed E-state index contributed by atoms with van der Waals surface area (Å²) in [6, 6.07) is 20.7. The molecule has 160 valence electrons. The van der Waals surface area contributed by atoms with E-state index in [4.69, 9.17) is 16.3 Å². The minimum Gasteiger partial charge on any atom is -0.452 e. The Morgan fingerprint density at radius 1 is 0.935 bits per heavy atom. The zero-order valence-corrected chi connectivity index (χ0v) is 18.0. The van der Waals surface area contributed by atoms with Crippen LogP contribution in [0.2, 0.25) is 5.02 Å². The maximum Gasteiger partial charge on any atom is 0.338 e. The molecule has 9 heteroatoms. The predicted octanol–water partition coefficient (Wildman–Crippen LogP) is 3.71. The second-order valence-corrected chi connectivity index (χ2v) is 8.68. The molecule has 0 spiro atoms. The van der Waals surface area contributed by atoms with Crippen molar-refractivity contribution in [2.75, 3.05) is 19.0 Å². The molecule has 0 aliphatic heterocycles. The molecule has 0 aliphatic carbocycles. The maximum atomic E-state index is 12.2. The first kappa shape index (κ1) is 22.5. The van der Waals surface area contributed by atoms with Gasteiger partial charge in [0.05, 0.1) is 10.6 Å². The van der Waals surface area contributed by atoms with Crippen LogP contribution in [0.5, 0.6) is 0 Å². The smallest absolute Gasteiger partial charge is 0.338 e. The van der Waals surface area contributed by atoms with Gasteiger partial charge in [-0.1, -0.05) is 54.1 Å². The summed E-state index contributed by atoms with van der Waals surface area (Å²) in [5.74, 6) is -1.38. The van der Waals surface area contributed by atoms with Crippen LogP contribution in [0, 0.1) is 0 Å². The lowest BCUT2D eigenvalue weighted by Crippen LogP contribution is -2.22. The Morgan fingerprint density at radius 2 is 1.58 bits per heavy atom. The summed E-state index contributed by atoms with van der Waals surface area (Å²) in [5, 5.41) is 2.60. The predicted molar refractivity (Wildman–Crippen MR) is 118 cm³/mol. The number of carbonyl (C=O) groups is 2. The molecule has 3 rings (SSSR count). The van der Waals surface area contributed by atoms with E-state index in [1.165, 1.54) is 19.2 Å². The van der Waals surface area contributed by atoms with Gasteiger partial charge in [-0.05, 0) is 48.5 Å². The van der Waals surface area contributed by atoms with Gasteiger partial charge in [0, 0.05) is 5.69 Å². The number of carbonyl (C=O) groups excluding carboxylic acids is 2. The Morgan fingerprint density at radius 3 is 2.23 bits per heavy atom. The summed E-state index contributed by atoms with van der Waals surface area (Å²) < 4.78 is 31.1. The first-order valence-electron chi connectivity index (χ1n) is 9.16. The van der Waals surface area contributed by atoms with Crippen molar-refractivity contribution in [2.45, 2.75) is 4.90 Å². The standard InChI is InChI=1S/C22H19ClN2O5S/c1-24-31(28,29)20-13-17(9-12-19(20)23)22(27)30-14-21(26)25-18-10-7-16(8-11-18)15-5-3-2-4-6-15/h2-13,24H,14H2,1H3,(H,25,26). The van der Waals surface area contributed by atoms with Crippen LogP contribution in [0.25, 0.3) is 11.1 Å². The van der Waals surface area contributed by atoms with Gasteiger partial charge < -0.3 is 10.1 Å². The third kappa shape index (κ3) is 5.69. The van der Waals surface area contributed by atoms with Crippen LogP contribution < -0.4 is 10.0 Å². The molecule has 0 heterocycles. The summed E-state index contributed by atoms with van der Waals surface area (Å²) >= 11 is 5.90. The molecule has 0 fully saturated rings. The third-order valence-electron chi connectivity index (χ3n) is 4.34. The molecule has 3 aromatic carbocycles. The van der Waals surface area contributed by atoms with Crippen molar-refractivity contribution in [3.8, 4) is 11.1 Å². The SMILES string of the molecule is CNS(=O)(=O)c1cc(C(=O)OCC(=O)Nc2ccc(-c3ccccc3)cc2)ccc1Cl. The first-order chi connectivity index (χ1) is 14.8. The number of benzene rings is 3. The molecule has 0 aromatic heterocycles. The van der Waals surface area contributed by atoms with Crippen LogP contribution in [0.15, 0.2) is 77.7 Å². The fourth-order valence-electron chi connectivity index (χ4n) is 2.73. The monoisotopic (exact) mass is 458 g/mol. The van der Waals surface area contributed by atoms with Gasteiger partial charge in [-0.2, -0.15) is 0 Å². The molecule has 0 bridgehead atoms. The van der Waals surface area contributed by atoms with E-state index in [1.54, 1.807) is 12.1 Å². The van der Waals surface area contributed by atoms with Crippen LogP contribution in [0.4, 0.5) is 5.69 Å². The van der Waals surface area contributed by atoms with Crippen molar-refractivity contribution in [3.63, 3.8) is 0 Å². The highest BCUT2D eigenvalue weighted by atomic mass is 35.5. The van der Waals surface area contributed by atoms with Crippen molar-refractivity contribution < 1.29 is 22.7 Å². The zero-order chi connectivity index (χ0) is 22.4. The second-order valence-electron chi connectivity index (χ2n) is 6.42. The molecule has 0 saturated heterocycles. The Hall–Kier alpha value is -3.20. The Labute approximate surface area is 185 Å². The van der Waals surface area contributed by atoms with E-state index in [9.17, 15) is 18.0 Å². The van der Waals surface area contributed by atoms with Gasteiger partial charge >= 0.3 is 5.97 Å². The van der Waals surface area contributed by atoms with Gasteiger partial charge in [0.2, 0.25) is 10.0 Å². The van der Waals surface area contributed by atoms with E-state index in [-0.39, 0.29) is 15.5 Å². The topological polar surface area (TPSA) is 102 Å². The van der Waals surface area contributed by atoms with Crippen LogP contribution in [-0.4, -0.2) is 33.9 Å². The number of esters is 1. The van der Waals surface area contributed by atoms with Crippen molar-refractivity contribution in [2.24, 2.45) is 0 Å². The molecular formula is C22H19ClN2O5S. The van der Waals surface area contributed by atoms with E-state index in [2.05, 4.69) is 10.0 Å². The van der Waals surface area contributed by atoms with Gasteiger partial charge in [-0.15, -0.1) is 0 Å². The number of halogens is 1. The largest absolute Gasteiger partial charge is 0.452 e. The molecule has 7 nitrogen and oxygen atoms in total. The number of sulfonamides is 1. The molecule has 3 aromatic rings. The maximum absolute atomic E-state index is 12.2. The van der Waals surface area contributed by atoms with Crippen molar-refractivity contribution in [3.05, 3.63) is 83.4 Å². The first-order valence-corrected chi connectivity index (χ1v) is 11.0. The molecule has 0 radical (unpaired) electrons. The molecule has 0 atom stereocenters. The number of hydrogen-bond donors (Lipinski definition) is 2. The number of ether oxygens (including phenoxy) is 1. The minimum absolute atomic E-state index is 0.0393. The van der Waals surface area contributed by atoms with Gasteiger partial charge in [-0.3, -0.25) is 4.79 Å². The third-order valence-corrected chi connectivity index (χ3v) is 6.23. The molecule has 0 saturated carbocycles. The second kappa shape index (κ2) is 9.74. The Balaban J connectivity index is 1.60. The van der Waals surface area contributed by atoms with Crippen LogP contribution in [-0.2, 0) is 19.6 Å². The molecular weight excluding hydrogens is 440 g/mol. The fourth-order valence-corrected chi connectivity index (χ4v) is 3.98. The lowest BCUT2D eigenvalue weighted by molar-refractivity contribution is -0.119. The summed E-state index contributed by atoms with van der Waals surface area (Å²) in [7, 11) is -2.62. The van der Waals surface area contributed by atoms with Crippen molar-refractivity contribution in [1.82, 2.24) is 4.72 Å². The highest BCUT2D eigenvalue weighted by Crippen LogP contribution is 2.23. The zero-order valence-electron chi connectivity index (χ0n) is 16.5. The number of amides is 1. The number of nitrogens with one attached hydrogen (secondary N) is 2. The van der Waals surface area contributed by atoms with E-state index < -0.39 is 28.5 Å². The quantitative estimate of drug-likeness (QED) is 0.525. The average molecular weight is 459 g/mol. The lowest BCUT2D eigenvalue weighted by atomic mass is 10.1. The summed E-state index contributed by atoms with van der Waals surface area (Å²) in [5.41, 5.74) is 2.56. The summed E-state index contributed by atoms with van der Waals surface area (Å²) in [4.78, 5) is 24.1. The Kier molecular flexibility index (Phi) is 7.06. The molecule has 2 N–H and O–H groups in total. The van der Waals surface area contributed by atoms with Crippen molar-refractivity contribution >= 4 is 39.2 Å². The number of rotatable bonds is 7. The highest BCUT2D eigenvalue weighted by Gasteiger charge is 2.19. The summed E-state index contributed by atoms with van der Waals surface area (Å²) in [6.07, 6.45) is 0. The van der Waals surface area contributed by atoms with E-state index in [0.29, 0.717) is 5.69 Å². The molecule has 0 unspecified atom stereocenters. The number of hydrogen-bond acceptors (Lipinski definition) is 5. The number of anilines is 1. The van der Waals surface area contributed by atoms with E-state index >= 15 is 0 Å². The minimum atomic E-state index is -3.85. The lowest BCUT2D eigenvalue weighted by Gasteiger charge is -2.09. The van der Waals surface area contributed by atoms with E-state index in [0.717, 1.165) is 17.2 Å².